The Bertz CT molecular complexity index is 1040. The Morgan fingerprint density at radius 3 is 1.74 bits per heavy atom. The molecule has 0 amide bonds. The van der Waals surface area contributed by atoms with Crippen molar-refractivity contribution < 1.29 is 54.6 Å². The van der Waals surface area contributed by atoms with E-state index in [0.29, 0.717) is 5.75 Å². The zero-order chi connectivity index (χ0) is 24.3. The topological polar surface area (TPSA) is 29.5 Å². The van der Waals surface area contributed by atoms with E-state index in [4.69, 9.17) is 4.74 Å². The molecule has 3 aromatic carbocycles. The number of methoxy groups -OCH3 is 1. The number of phenols is 1. The predicted molar refractivity (Wildman–Crippen MR) is 136 cm³/mol. The molecule has 0 saturated carbocycles. The van der Waals surface area contributed by atoms with Gasteiger partial charge in [-0.1, -0.05) is 27.7 Å². The van der Waals surface area contributed by atoms with Crippen LogP contribution in [-0.2, 0) is 25.4 Å². The van der Waals surface area contributed by atoms with Crippen molar-refractivity contribution in [2.75, 3.05) is 7.11 Å². The number of hydrogen-bond acceptors (Lipinski definition) is 2. The fourth-order valence-corrected chi connectivity index (χ4v) is 3.55. The van der Waals surface area contributed by atoms with E-state index in [0.717, 1.165) is 12.0 Å². The molecule has 0 atom stereocenters. The van der Waals surface area contributed by atoms with Crippen LogP contribution in [0.5, 0.6) is 11.5 Å². The predicted octanol–water partition coefficient (Wildman–Crippen LogP) is 1.20. The second-order valence-electron chi connectivity index (χ2n) is 8.74. The number of halogens is 2. The van der Waals surface area contributed by atoms with Crippen LogP contribution in [0.25, 0.3) is 0 Å². The van der Waals surface area contributed by atoms with E-state index in [9.17, 15) is 5.11 Å². The van der Waals surface area contributed by atoms with Crippen molar-refractivity contribution in [2.24, 2.45) is 0 Å². The summed E-state index contributed by atoms with van der Waals surface area (Å²) in [6.45, 7) is 8.35. The Hall–Kier alpha value is -2.10. The average molecular weight is 544 g/mol. The van der Waals surface area contributed by atoms with Crippen molar-refractivity contribution >= 4 is 3.81 Å². The maximum atomic E-state index is 9.41. The van der Waals surface area contributed by atoms with Crippen LogP contribution in [0.3, 0.4) is 0 Å². The van der Waals surface area contributed by atoms with Crippen LogP contribution in [0.15, 0.2) is 96.6 Å². The van der Waals surface area contributed by atoms with Gasteiger partial charge in [-0.2, -0.15) is 6.08 Å². The van der Waals surface area contributed by atoms with Gasteiger partial charge in [0.25, 0.3) is 0 Å². The van der Waals surface area contributed by atoms with Crippen LogP contribution in [0.2, 0.25) is 0 Å². The van der Waals surface area contributed by atoms with Crippen LogP contribution < -0.4 is 29.6 Å². The SMILES string of the molecule is CC1=[C-]CC=C1.COc1cc(O)cc(C(C)(C)C)c1.[Cl-].[Cl-].[Ti+]=[C](c1ccccc1)c1ccccc1. The van der Waals surface area contributed by atoms with E-state index < -0.39 is 0 Å². The monoisotopic (exact) mass is 543 g/mol. The Morgan fingerprint density at radius 2 is 1.40 bits per heavy atom. The first-order valence-electron chi connectivity index (χ1n) is 11.0. The third kappa shape index (κ3) is 11.9. The van der Waals surface area contributed by atoms with Gasteiger partial charge in [-0.05, 0) is 23.1 Å². The summed E-state index contributed by atoms with van der Waals surface area (Å²) in [4.78, 5) is 0. The van der Waals surface area contributed by atoms with Gasteiger partial charge >= 0.3 is 95.6 Å². The zero-order valence-electron chi connectivity index (χ0n) is 21.0. The average Bonchev–Trinajstić information content (AvgIpc) is 3.30. The molecule has 4 rings (SSSR count). The van der Waals surface area contributed by atoms with Gasteiger partial charge in [-0.15, -0.1) is 6.42 Å². The van der Waals surface area contributed by atoms with Crippen molar-refractivity contribution in [3.8, 4) is 11.5 Å². The van der Waals surface area contributed by atoms with Gasteiger partial charge < -0.3 is 34.7 Å². The van der Waals surface area contributed by atoms with Crippen LogP contribution in [0, 0.1) is 6.08 Å². The molecule has 2 nitrogen and oxygen atoms in total. The molecule has 1 aliphatic rings. The van der Waals surface area contributed by atoms with E-state index >= 15 is 0 Å². The second kappa shape index (κ2) is 16.6. The van der Waals surface area contributed by atoms with Gasteiger partial charge in [-0.25, -0.2) is 11.6 Å². The molecule has 0 unspecified atom stereocenters. The van der Waals surface area contributed by atoms with E-state index in [1.165, 1.54) is 20.5 Å². The number of benzene rings is 3. The van der Waals surface area contributed by atoms with Crippen molar-refractivity contribution in [1.29, 1.82) is 0 Å². The summed E-state index contributed by atoms with van der Waals surface area (Å²) in [7, 11) is 1.60. The first kappa shape index (κ1) is 32.9. The molecular formula is C30H33Cl2O2Ti-2. The van der Waals surface area contributed by atoms with E-state index in [-0.39, 0.29) is 36.0 Å². The number of phenolic OH excluding ortho intramolecular Hbond substituents is 1. The molecule has 5 heteroatoms. The standard InChI is InChI=1S/C13H10.C11H16O2.C6H7.2ClH.Ti/c1-3-7-12(8-4-1)11-13-9-5-2-6-10-13;1-11(2,3)8-5-9(12)7-10(6-8)13-4;1-6-4-2-3-5-6;;;/h1-10H;5-7,12H,1-4H3;2,4H,3H2,1H3;2*1H;/q;;-1;;;+1/p-2. The van der Waals surface area contributed by atoms with Gasteiger partial charge in [0.2, 0.25) is 0 Å². The molecule has 35 heavy (non-hydrogen) atoms. The van der Waals surface area contributed by atoms with Gasteiger partial charge in [-0.3, -0.25) is 6.08 Å². The normalized spacial score (nSPS) is 11.3. The maximum absolute atomic E-state index is 9.41. The number of hydrogen-bond donors (Lipinski definition) is 1. The van der Waals surface area contributed by atoms with Gasteiger partial charge in [0.1, 0.15) is 11.5 Å². The molecule has 3 aromatic rings. The van der Waals surface area contributed by atoms with E-state index in [1.54, 1.807) is 19.2 Å². The summed E-state index contributed by atoms with van der Waals surface area (Å²) in [6, 6.07) is 26.3. The number of allylic oxidation sites excluding steroid dienone is 4. The number of aromatic hydroxyl groups is 1. The van der Waals surface area contributed by atoms with Crippen molar-refractivity contribution in [1.82, 2.24) is 0 Å². The summed E-state index contributed by atoms with van der Waals surface area (Å²) in [6.07, 6.45) is 8.33. The van der Waals surface area contributed by atoms with Crippen LogP contribution in [-0.4, -0.2) is 16.0 Å². The summed E-state index contributed by atoms with van der Waals surface area (Å²) in [5.74, 6) is 0.953. The van der Waals surface area contributed by atoms with Crippen molar-refractivity contribution in [2.45, 2.75) is 39.5 Å². The van der Waals surface area contributed by atoms with Gasteiger partial charge in [0.05, 0.1) is 7.11 Å². The quantitative estimate of drug-likeness (QED) is 0.397. The van der Waals surface area contributed by atoms with Crippen LogP contribution >= 0.6 is 0 Å². The van der Waals surface area contributed by atoms with E-state index in [1.807, 2.05) is 18.2 Å². The molecule has 1 N–H and O–H groups in total. The molecule has 0 radical (unpaired) electrons. The second-order valence-corrected chi connectivity index (χ2v) is 9.52. The molecule has 0 saturated heterocycles. The molecule has 0 spiro atoms. The Labute approximate surface area is 234 Å². The van der Waals surface area contributed by atoms with Gasteiger partial charge in [0, 0.05) is 6.07 Å². The molecule has 0 bridgehead atoms. The third-order valence-corrected chi connectivity index (χ3v) is 5.89. The first-order chi connectivity index (χ1) is 15.7. The minimum absolute atomic E-state index is 0. The third-order valence-electron chi connectivity index (χ3n) is 4.98. The van der Waals surface area contributed by atoms with Crippen LogP contribution in [0.4, 0.5) is 0 Å². The van der Waals surface area contributed by atoms with Crippen LogP contribution in [0.1, 0.15) is 50.8 Å². The Morgan fingerprint density at radius 1 is 0.886 bits per heavy atom. The summed E-state index contributed by atoms with van der Waals surface area (Å²) >= 11 is 2.16. The molecule has 185 valence electrons. The Kier molecular flexibility index (Phi) is 15.6. The number of rotatable bonds is 3. The first-order valence-corrected chi connectivity index (χ1v) is 11.8. The van der Waals surface area contributed by atoms with Crippen molar-refractivity contribution in [3.63, 3.8) is 0 Å². The molecule has 0 aliphatic heterocycles. The molecule has 0 fully saturated rings. The molecule has 0 aromatic heterocycles. The molecule has 0 heterocycles. The molecule has 1 aliphatic carbocycles. The molecular weight excluding hydrogens is 511 g/mol. The summed E-state index contributed by atoms with van der Waals surface area (Å²) in [5, 5.41) is 9.41. The Balaban J connectivity index is 0.000000514. The fraction of sp³-hybridized carbons (Fsp3) is 0.233. The van der Waals surface area contributed by atoms with Crippen molar-refractivity contribution in [3.05, 3.63) is 119 Å². The zero-order valence-corrected chi connectivity index (χ0v) is 24.1. The summed E-state index contributed by atoms with van der Waals surface area (Å²) in [5.41, 5.74) is 4.96. The minimum atomic E-state index is 0. The van der Waals surface area contributed by atoms with Gasteiger partial charge in [0.15, 0.2) is 0 Å². The number of ether oxygens (including phenoxy) is 1. The summed E-state index contributed by atoms with van der Waals surface area (Å²) < 4.78 is 6.40. The van der Waals surface area contributed by atoms with E-state index in [2.05, 4.69) is 114 Å². The fourth-order valence-electron chi connectivity index (χ4n) is 3.03.